The number of nitrogens with two attached hydrogens (primary N) is 1. The van der Waals surface area contributed by atoms with Crippen LogP contribution in [0.25, 0.3) is 0 Å². The zero-order valence-electron chi connectivity index (χ0n) is 8.36. The molecule has 1 aromatic carbocycles. The van der Waals surface area contributed by atoms with E-state index in [0.29, 0.717) is 13.0 Å². The molecule has 0 saturated carbocycles. The van der Waals surface area contributed by atoms with Crippen molar-refractivity contribution in [3.63, 3.8) is 0 Å². The summed E-state index contributed by atoms with van der Waals surface area (Å²) < 4.78 is 0. The summed E-state index contributed by atoms with van der Waals surface area (Å²) in [5.74, 6) is -0.0867. The lowest BCUT2D eigenvalue weighted by Gasteiger charge is -2.10. The van der Waals surface area contributed by atoms with Gasteiger partial charge in [-0.15, -0.1) is 0 Å². The van der Waals surface area contributed by atoms with Gasteiger partial charge in [-0.1, -0.05) is 30.3 Å². The van der Waals surface area contributed by atoms with E-state index in [2.05, 4.69) is 5.32 Å². The lowest BCUT2D eigenvalue weighted by molar-refractivity contribution is -0.122. The van der Waals surface area contributed by atoms with Crippen molar-refractivity contribution in [1.82, 2.24) is 5.32 Å². The van der Waals surface area contributed by atoms with Gasteiger partial charge in [0.15, 0.2) is 0 Å². The molecule has 0 radical (unpaired) electrons. The van der Waals surface area contributed by atoms with E-state index in [9.17, 15) is 4.79 Å². The van der Waals surface area contributed by atoms with Crippen molar-refractivity contribution in [2.45, 2.75) is 19.4 Å². The quantitative estimate of drug-likeness (QED) is 0.737. The highest BCUT2D eigenvalue weighted by Gasteiger charge is 2.12. The molecule has 0 aliphatic heterocycles. The first-order valence-electron chi connectivity index (χ1n) is 4.81. The van der Waals surface area contributed by atoms with Gasteiger partial charge in [0.25, 0.3) is 0 Å². The number of hydrogen-bond donors (Lipinski definition) is 2. The van der Waals surface area contributed by atoms with Crippen LogP contribution in [0.4, 0.5) is 0 Å². The third kappa shape index (κ3) is 3.18. The number of nitrogens with one attached hydrogen (secondary N) is 1. The number of likely N-dealkylation sites (N-methyl/N-ethyl adjacent to an activating group) is 1. The maximum atomic E-state index is 11.3. The standard InChI is InChI=1S/C11H16N2O/c1-2-13-11(14)10(12)8-9-6-4-3-5-7-9/h3-7,10H,2,8,12H2,1H3,(H,13,14)/t10-/m0/s1. The molecule has 0 bridgehead atoms. The first-order chi connectivity index (χ1) is 6.74. The average Bonchev–Trinajstić information content (AvgIpc) is 2.19. The van der Waals surface area contributed by atoms with E-state index in [1.165, 1.54) is 0 Å². The first-order valence-corrected chi connectivity index (χ1v) is 4.81. The lowest BCUT2D eigenvalue weighted by atomic mass is 10.1. The molecular formula is C11H16N2O. The fourth-order valence-corrected chi connectivity index (χ4v) is 1.27. The molecule has 14 heavy (non-hydrogen) atoms. The summed E-state index contributed by atoms with van der Waals surface area (Å²) >= 11 is 0. The second-order valence-electron chi connectivity index (χ2n) is 3.19. The average molecular weight is 192 g/mol. The molecule has 0 aromatic heterocycles. The molecule has 3 heteroatoms. The summed E-state index contributed by atoms with van der Waals surface area (Å²) in [5, 5.41) is 2.70. The predicted octanol–water partition coefficient (Wildman–Crippen LogP) is 0.693. The molecule has 76 valence electrons. The predicted molar refractivity (Wildman–Crippen MR) is 56.8 cm³/mol. The van der Waals surface area contributed by atoms with Gasteiger partial charge >= 0.3 is 0 Å². The minimum atomic E-state index is -0.447. The van der Waals surface area contributed by atoms with Crippen LogP contribution in [0.5, 0.6) is 0 Å². The molecule has 0 fully saturated rings. The Labute approximate surface area is 84.3 Å². The molecule has 0 unspecified atom stereocenters. The van der Waals surface area contributed by atoms with Gasteiger partial charge in [0.05, 0.1) is 6.04 Å². The van der Waals surface area contributed by atoms with Crippen LogP contribution in [0.15, 0.2) is 30.3 Å². The van der Waals surface area contributed by atoms with E-state index in [1.807, 2.05) is 37.3 Å². The van der Waals surface area contributed by atoms with Crippen LogP contribution in [-0.2, 0) is 11.2 Å². The Balaban J connectivity index is 2.49. The number of hydrogen-bond acceptors (Lipinski definition) is 2. The molecule has 1 aromatic rings. The summed E-state index contributed by atoms with van der Waals surface area (Å²) in [6.45, 7) is 2.51. The Hall–Kier alpha value is -1.35. The zero-order valence-corrected chi connectivity index (χ0v) is 8.36. The van der Waals surface area contributed by atoms with Gasteiger partial charge in [0.2, 0.25) is 5.91 Å². The largest absolute Gasteiger partial charge is 0.355 e. The van der Waals surface area contributed by atoms with Gasteiger partial charge in [-0.2, -0.15) is 0 Å². The van der Waals surface area contributed by atoms with E-state index >= 15 is 0 Å². The van der Waals surface area contributed by atoms with Crippen LogP contribution < -0.4 is 11.1 Å². The summed E-state index contributed by atoms with van der Waals surface area (Å²) in [5.41, 5.74) is 6.81. The number of carbonyl (C=O) groups excluding carboxylic acids is 1. The van der Waals surface area contributed by atoms with Crippen molar-refractivity contribution < 1.29 is 4.79 Å². The smallest absolute Gasteiger partial charge is 0.237 e. The van der Waals surface area contributed by atoms with Crippen molar-refractivity contribution in [3.8, 4) is 0 Å². The van der Waals surface area contributed by atoms with Gasteiger partial charge in [0, 0.05) is 6.54 Å². The molecule has 1 atom stereocenters. The summed E-state index contributed by atoms with van der Waals surface area (Å²) in [4.78, 5) is 11.3. The van der Waals surface area contributed by atoms with E-state index in [0.717, 1.165) is 5.56 Å². The van der Waals surface area contributed by atoms with Crippen molar-refractivity contribution in [1.29, 1.82) is 0 Å². The van der Waals surface area contributed by atoms with Gasteiger partial charge in [-0.25, -0.2) is 0 Å². The second kappa shape index (κ2) is 5.40. The molecule has 0 aliphatic rings. The summed E-state index contributed by atoms with van der Waals surface area (Å²) in [6.07, 6.45) is 0.590. The number of benzene rings is 1. The minimum Gasteiger partial charge on any atom is -0.355 e. The highest BCUT2D eigenvalue weighted by molar-refractivity contribution is 5.81. The molecule has 3 N–H and O–H groups in total. The first kappa shape index (κ1) is 10.7. The Morgan fingerprint density at radius 1 is 1.43 bits per heavy atom. The third-order valence-corrected chi connectivity index (χ3v) is 1.99. The lowest BCUT2D eigenvalue weighted by Crippen LogP contribution is -2.41. The van der Waals surface area contributed by atoms with Crippen LogP contribution in [0.2, 0.25) is 0 Å². The van der Waals surface area contributed by atoms with Crippen LogP contribution in [0.1, 0.15) is 12.5 Å². The van der Waals surface area contributed by atoms with E-state index in [4.69, 9.17) is 5.73 Å². The van der Waals surface area contributed by atoms with Crippen molar-refractivity contribution in [3.05, 3.63) is 35.9 Å². The molecule has 0 saturated heterocycles. The molecule has 0 spiro atoms. The van der Waals surface area contributed by atoms with E-state index in [1.54, 1.807) is 0 Å². The van der Waals surface area contributed by atoms with Crippen LogP contribution in [0.3, 0.4) is 0 Å². The fraction of sp³-hybridized carbons (Fsp3) is 0.364. The van der Waals surface area contributed by atoms with Crippen LogP contribution in [0, 0.1) is 0 Å². The molecular weight excluding hydrogens is 176 g/mol. The zero-order chi connectivity index (χ0) is 10.4. The van der Waals surface area contributed by atoms with Gasteiger partial charge in [-0.3, -0.25) is 4.79 Å². The van der Waals surface area contributed by atoms with Crippen molar-refractivity contribution in [2.75, 3.05) is 6.54 Å². The normalized spacial score (nSPS) is 12.1. The van der Waals surface area contributed by atoms with Crippen molar-refractivity contribution >= 4 is 5.91 Å². The Morgan fingerprint density at radius 2 is 2.07 bits per heavy atom. The van der Waals surface area contributed by atoms with E-state index < -0.39 is 6.04 Å². The monoisotopic (exact) mass is 192 g/mol. The van der Waals surface area contributed by atoms with E-state index in [-0.39, 0.29) is 5.91 Å². The highest BCUT2D eigenvalue weighted by Crippen LogP contribution is 2.01. The Kier molecular flexibility index (Phi) is 4.13. The molecule has 3 nitrogen and oxygen atoms in total. The highest BCUT2D eigenvalue weighted by atomic mass is 16.2. The second-order valence-corrected chi connectivity index (χ2v) is 3.19. The number of carbonyl (C=O) groups is 1. The van der Waals surface area contributed by atoms with Crippen LogP contribution >= 0.6 is 0 Å². The molecule has 0 aliphatic carbocycles. The Morgan fingerprint density at radius 3 is 2.64 bits per heavy atom. The maximum absolute atomic E-state index is 11.3. The van der Waals surface area contributed by atoms with Gasteiger partial charge in [-0.05, 0) is 18.9 Å². The van der Waals surface area contributed by atoms with Gasteiger partial charge in [0.1, 0.15) is 0 Å². The molecule has 1 rings (SSSR count). The van der Waals surface area contributed by atoms with Crippen LogP contribution in [-0.4, -0.2) is 18.5 Å². The summed E-state index contributed by atoms with van der Waals surface area (Å²) in [7, 11) is 0. The maximum Gasteiger partial charge on any atom is 0.237 e. The Bertz CT molecular complexity index is 285. The SMILES string of the molecule is CCNC(=O)[C@@H](N)Cc1ccccc1. The topological polar surface area (TPSA) is 55.1 Å². The fourth-order valence-electron chi connectivity index (χ4n) is 1.27. The third-order valence-electron chi connectivity index (χ3n) is 1.99. The summed E-state index contributed by atoms with van der Waals surface area (Å²) in [6, 6.07) is 9.33. The molecule has 0 heterocycles. The van der Waals surface area contributed by atoms with Crippen molar-refractivity contribution in [2.24, 2.45) is 5.73 Å². The number of amides is 1. The van der Waals surface area contributed by atoms with Gasteiger partial charge < -0.3 is 11.1 Å². The number of rotatable bonds is 4. The minimum absolute atomic E-state index is 0.0867. The molecule has 1 amide bonds.